The second kappa shape index (κ2) is 4.34. The molecule has 0 saturated heterocycles. The van der Waals surface area contributed by atoms with Gasteiger partial charge in [-0.1, -0.05) is 42.5 Å². The molecule has 3 heteroatoms. The topological polar surface area (TPSA) is 40.9 Å². The molecule has 1 aromatic carbocycles. The van der Waals surface area contributed by atoms with Crippen LogP contribution in [0, 0.1) is 16.7 Å². The molecule has 2 nitrogen and oxygen atoms in total. The van der Waals surface area contributed by atoms with Crippen LogP contribution < -0.4 is 0 Å². The smallest absolute Gasteiger partial charge is 0.165 e. The second-order valence-corrected chi connectivity index (χ2v) is 3.89. The van der Waals surface area contributed by atoms with Crippen LogP contribution in [0.5, 0.6) is 0 Å². The Kier molecular flexibility index (Phi) is 2.88. The van der Waals surface area contributed by atoms with E-state index in [9.17, 15) is 9.18 Å². The zero-order valence-corrected chi connectivity index (χ0v) is 9.01. The van der Waals surface area contributed by atoms with Gasteiger partial charge in [-0.2, -0.15) is 5.26 Å². The van der Waals surface area contributed by atoms with Gasteiger partial charge in [-0.15, -0.1) is 0 Å². The van der Waals surface area contributed by atoms with E-state index in [0.717, 1.165) is 5.56 Å². The van der Waals surface area contributed by atoms with Crippen molar-refractivity contribution in [2.45, 2.75) is 6.17 Å². The average molecular weight is 227 g/mol. The number of hydrogen-bond acceptors (Lipinski definition) is 2. The van der Waals surface area contributed by atoms with Crippen LogP contribution in [-0.4, -0.2) is 12.5 Å². The first-order chi connectivity index (χ1) is 8.22. The summed E-state index contributed by atoms with van der Waals surface area (Å²) in [5.41, 5.74) is -0.118. The van der Waals surface area contributed by atoms with Crippen LogP contribution in [0.1, 0.15) is 5.56 Å². The summed E-state index contributed by atoms with van der Waals surface area (Å²) >= 11 is 0. The molecule has 1 aromatic rings. The fraction of sp³-hybridized carbons (Fsp3) is 0.143. The number of carbonyl (C=O) groups excluding carboxylic acids is 1. The van der Waals surface area contributed by atoms with Crippen molar-refractivity contribution in [2.75, 3.05) is 0 Å². The van der Waals surface area contributed by atoms with E-state index in [0.29, 0.717) is 11.9 Å². The molecule has 84 valence electrons. The highest BCUT2D eigenvalue weighted by molar-refractivity contribution is 5.81. The molecule has 0 aliphatic heterocycles. The molecule has 0 fully saturated rings. The first kappa shape index (κ1) is 11.3. The lowest BCUT2D eigenvalue weighted by molar-refractivity contribution is -0.113. The van der Waals surface area contributed by atoms with Gasteiger partial charge in [0.15, 0.2) is 5.41 Å². The monoisotopic (exact) mass is 227 g/mol. The molecule has 2 atom stereocenters. The Hall–Kier alpha value is -2.21. The van der Waals surface area contributed by atoms with Crippen LogP contribution in [0.15, 0.2) is 48.6 Å². The number of hydrogen-bond donors (Lipinski definition) is 0. The Morgan fingerprint density at radius 2 is 2.06 bits per heavy atom. The van der Waals surface area contributed by atoms with Gasteiger partial charge >= 0.3 is 0 Å². The summed E-state index contributed by atoms with van der Waals surface area (Å²) in [6.45, 7) is 0. The third kappa shape index (κ3) is 1.90. The standard InChI is InChI=1S/C14H10FNO/c15-13-8-12(11-4-2-1-3-5-11)6-7-14(13,9-16)10-17/h1-8,10,13H. The van der Waals surface area contributed by atoms with Crippen molar-refractivity contribution < 1.29 is 9.18 Å². The minimum absolute atomic E-state index is 0.354. The number of alkyl halides is 1. The molecule has 2 rings (SSSR count). The fourth-order valence-corrected chi connectivity index (χ4v) is 1.72. The van der Waals surface area contributed by atoms with E-state index in [2.05, 4.69) is 0 Å². The van der Waals surface area contributed by atoms with Crippen molar-refractivity contribution in [3.05, 3.63) is 54.1 Å². The molecule has 0 saturated carbocycles. The maximum absolute atomic E-state index is 13.9. The maximum atomic E-state index is 13.9. The van der Waals surface area contributed by atoms with Crippen LogP contribution >= 0.6 is 0 Å². The number of benzene rings is 1. The van der Waals surface area contributed by atoms with Crippen molar-refractivity contribution in [1.82, 2.24) is 0 Å². The van der Waals surface area contributed by atoms with E-state index in [1.165, 1.54) is 12.2 Å². The quantitative estimate of drug-likeness (QED) is 0.729. The zero-order chi connectivity index (χ0) is 12.3. The van der Waals surface area contributed by atoms with E-state index < -0.39 is 11.6 Å². The summed E-state index contributed by atoms with van der Waals surface area (Å²) in [5.74, 6) is 0. The molecule has 0 bridgehead atoms. The number of halogens is 1. The lowest BCUT2D eigenvalue weighted by Gasteiger charge is -2.22. The molecular weight excluding hydrogens is 217 g/mol. The van der Waals surface area contributed by atoms with Crippen LogP contribution in [0.3, 0.4) is 0 Å². The normalized spacial score (nSPS) is 27.1. The Labute approximate surface area is 98.7 Å². The summed E-state index contributed by atoms with van der Waals surface area (Å²) in [6, 6.07) is 11.0. The Morgan fingerprint density at radius 3 is 2.59 bits per heavy atom. The molecule has 0 N–H and O–H groups in total. The van der Waals surface area contributed by atoms with Crippen molar-refractivity contribution in [2.24, 2.45) is 5.41 Å². The minimum Gasteiger partial charge on any atom is -0.301 e. The highest BCUT2D eigenvalue weighted by Gasteiger charge is 2.38. The lowest BCUT2D eigenvalue weighted by Crippen LogP contribution is -2.30. The third-order valence-electron chi connectivity index (χ3n) is 2.82. The average Bonchev–Trinajstić information content (AvgIpc) is 2.40. The van der Waals surface area contributed by atoms with E-state index in [-0.39, 0.29) is 0 Å². The largest absolute Gasteiger partial charge is 0.301 e. The van der Waals surface area contributed by atoms with Crippen LogP contribution in [0.25, 0.3) is 5.57 Å². The van der Waals surface area contributed by atoms with Gasteiger partial charge in [0, 0.05) is 0 Å². The van der Waals surface area contributed by atoms with Crippen molar-refractivity contribution in [1.29, 1.82) is 5.26 Å². The number of nitrogens with zero attached hydrogens (tertiary/aromatic N) is 1. The van der Waals surface area contributed by atoms with Gasteiger partial charge in [-0.05, 0) is 17.2 Å². The van der Waals surface area contributed by atoms with Crippen LogP contribution in [0.2, 0.25) is 0 Å². The van der Waals surface area contributed by atoms with Crippen molar-refractivity contribution >= 4 is 11.9 Å². The molecule has 1 aliphatic carbocycles. The van der Waals surface area contributed by atoms with E-state index in [1.54, 1.807) is 12.1 Å². The fourth-order valence-electron chi connectivity index (χ4n) is 1.72. The van der Waals surface area contributed by atoms with E-state index in [4.69, 9.17) is 5.26 Å². The summed E-state index contributed by atoms with van der Waals surface area (Å²) in [6.07, 6.45) is 3.00. The predicted molar refractivity (Wildman–Crippen MR) is 62.6 cm³/mol. The molecule has 17 heavy (non-hydrogen) atoms. The predicted octanol–water partition coefficient (Wildman–Crippen LogP) is 2.69. The lowest BCUT2D eigenvalue weighted by atomic mass is 9.80. The van der Waals surface area contributed by atoms with Gasteiger partial charge in [-0.3, -0.25) is 0 Å². The molecular formula is C14H10FNO. The third-order valence-corrected chi connectivity index (χ3v) is 2.82. The van der Waals surface area contributed by atoms with Gasteiger partial charge in [0.2, 0.25) is 0 Å². The van der Waals surface area contributed by atoms with E-state index in [1.807, 2.05) is 30.3 Å². The first-order valence-electron chi connectivity index (χ1n) is 5.20. The number of carbonyl (C=O) groups is 1. The highest BCUT2D eigenvalue weighted by atomic mass is 19.1. The van der Waals surface area contributed by atoms with E-state index >= 15 is 0 Å². The Balaban J connectivity index is 2.37. The molecule has 1 aliphatic rings. The summed E-state index contributed by atoms with van der Waals surface area (Å²) < 4.78 is 13.9. The minimum atomic E-state index is -1.67. The molecule has 2 unspecified atom stereocenters. The molecule has 0 radical (unpaired) electrons. The van der Waals surface area contributed by atoms with Gasteiger partial charge in [0.25, 0.3) is 0 Å². The van der Waals surface area contributed by atoms with Gasteiger partial charge in [-0.25, -0.2) is 4.39 Å². The number of allylic oxidation sites excluding steroid dienone is 4. The molecule has 0 heterocycles. The molecule has 0 aromatic heterocycles. The summed E-state index contributed by atoms with van der Waals surface area (Å²) in [4.78, 5) is 10.8. The summed E-state index contributed by atoms with van der Waals surface area (Å²) in [7, 11) is 0. The van der Waals surface area contributed by atoms with Gasteiger partial charge < -0.3 is 4.79 Å². The SMILES string of the molecule is N#CC1(C=O)C=CC(c2ccccc2)=CC1F. The highest BCUT2D eigenvalue weighted by Crippen LogP contribution is 2.33. The summed E-state index contributed by atoms with van der Waals surface area (Å²) in [5, 5.41) is 8.87. The number of nitriles is 1. The second-order valence-electron chi connectivity index (χ2n) is 3.89. The van der Waals surface area contributed by atoms with Crippen molar-refractivity contribution in [3.8, 4) is 6.07 Å². The van der Waals surface area contributed by atoms with Gasteiger partial charge in [0.1, 0.15) is 12.5 Å². The first-order valence-corrected chi connectivity index (χ1v) is 5.20. The number of rotatable bonds is 2. The Morgan fingerprint density at radius 1 is 1.35 bits per heavy atom. The van der Waals surface area contributed by atoms with Crippen LogP contribution in [0.4, 0.5) is 4.39 Å². The Bertz CT molecular complexity index is 527. The van der Waals surface area contributed by atoms with Crippen LogP contribution in [-0.2, 0) is 4.79 Å². The van der Waals surface area contributed by atoms with Crippen molar-refractivity contribution in [3.63, 3.8) is 0 Å². The molecule has 0 spiro atoms. The van der Waals surface area contributed by atoms with Gasteiger partial charge in [0.05, 0.1) is 6.07 Å². The number of aldehydes is 1. The maximum Gasteiger partial charge on any atom is 0.165 e. The molecule has 0 amide bonds. The zero-order valence-electron chi connectivity index (χ0n) is 9.01.